The molecule has 1 atom stereocenters. The SMILES string of the molecule is Cc1ccncc1C1CN=C(N)N1C. The van der Waals surface area contributed by atoms with E-state index in [0.717, 1.165) is 6.54 Å². The summed E-state index contributed by atoms with van der Waals surface area (Å²) in [6.07, 6.45) is 3.70. The second kappa shape index (κ2) is 3.29. The molecule has 1 aliphatic rings. The molecule has 4 heteroatoms. The number of pyridine rings is 1. The minimum atomic E-state index is 0.253. The fraction of sp³-hybridized carbons (Fsp3) is 0.400. The van der Waals surface area contributed by atoms with Crippen molar-refractivity contribution in [1.82, 2.24) is 9.88 Å². The van der Waals surface area contributed by atoms with Crippen LogP contribution in [-0.4, -0.2) is 29.4 Å². The van der Waals surface area contributed by atoms with Gasteiger partial charge in [0.2, 0.25) is 0 Å². The van der Waals surface area contributed by atoms with E-state index < -0.39 is 0 Å². The van der Waals surface area contributed by atoms with E-state index in [1.54, 1.807) is 6.20 Å². The summed E-state index contributed by atoms with van der Waals surface area (Å²) >= 11 is 0. The zero-order valence-electron chi connectivity index (χ0n) is 8.44. The lowest BCUT2D eigenvalue weighted by Crippen LogP contribution is -2.32. The van der Waals surface area contributed by atoms with Crippen molar-refractivity contribution in [3.8, 4) is 0 Å². The third-order valence-electron chi connectivity index (χ3n) is 2.69. The quantitative estimate of drug-likeness (QED) is 0.709. The van der Waals surface area contributed by atoms with Gasteiger partial charge < -0.3 is 10.6 Å². The molecular weight excluding hydrogens is 176 g/mol. The van der Waals surface area contributed by atoms with E-state index in [-0.39, 0.29) is 6.04 Å². The van der Waals surface area contributed by atoms with Gasteiger partial charge in [-0.1, -0.05) is 0 Å². The first-order valence-corrected chi connectivity index (χ1v) is 4.63. The first-order valence-electron chi connectivity index (χ1n) is 4.63. The van der Waals surface area contributed by atoms with E-state index >= 15 is 0 Å². The van der Waals surface area contributed by atoms with Crippen LogP contribution in [0.15, 0.2) is 23.5 Å². The summed E-state index contributed by atoms with van der Waals surface area (Å²) in [5.74, 6) is 0.609. The number of hydrogen-bond donors (Lipinski definition) is 1. The van der Waals surface area contributed by atoms with Crippen molar-refractivity contribution in [1.29, 1.82) is 0 Å². The molecule has 0 aromatic carbocycles. The molecule has 2 rings (SSSR count). The molecular formula is C10H14N4. The third kappa shape index (κ3) is 1.32. The topological polar surface area (TPSA) is 54.5 Å². The van der Waals surface area contributed by atoms with Crippen LogP contribution in [0.1, 0.15) is 17.2 Å². The molecule has 0 bridgehead atoms. The van der Waals surface area contributed by atoms with Gasteiger partial charge in [0.1, 0.15) is 0 Å². The highest BCUT2D eigenvalue weighted by molar-refractivity contribution is 5.80. The fourth-order valence-electron chi connectivity index (χ4n) is 1.71. The normalized spacial score (nSPS) is 21.1. The highest BCUT2D eigenvalue weighted by Crippen LogP contribution is 2.25. The first kappa shape index (κ1) is 8.99. The maximum Gasteiger partial charge on any atom is 0.191 e. The second-order valence-corrected chi connectivity index (χ2v) is 3.56. The number of aryl methyl sites for hydroxylation is 1. The van der Waals surface area contributed by atoms with Crippen molar-refractivity contribution in [3.63, 3.8) is 0 Å². The zero-order chi connectivity index (χ0) is 10.1. The van der Waals surface area contributed by atoms with Crippen LogP contribution < -0.4 is 5.73 Å². The number of likely N-dealkylation sites (N-methyl/N-ethyl adjacent to an activating group) is 1. The van der Waals surface area contributed by atoms with Crippen molar-refractivity contribution < 1.29 is 0 Å². The molecule has 1 aliphatic heterocycles. The summed E-state index contributed by atoms with van der Waals surface area (Å²) in [4.78, 5) is 10.3. The average Bonchev–Trinajstić information content (AvgIpc) is 2.49. The van der Waals surface area contributed by atoms with Crippen LogP contribution in [-0.2, 0) is 0 Å². The van der Waals surface area contributed by atoms with Crippen LogP contribution in [0.5, 0.6) is 0 Å². The molecule has 0 saturated carbocycles. The monoisotopic (exact) mass is 190 g/mol. The lowest BCUT2D eigenvalue weighted by atomic mass is 10.0. The maximum absolute atomic E-state index is 5.71. The lowest BCUT2D eigenvalue weighted by molar-refractivity contribution is 0.411. The molecule has 2 heterocycles. The largest absolute Gasteiger partial charge is 0.370 e. The van der Waals surface area contributed by atoms with E-state index in [1.165, 1.54) is 11.1 Å². The van der Waals surface area contributed by atoms with Gasteiger partial charge in [0, 0.05) is 19.4 Å². The van der Waals surface area contributed by atoms with Crippen molar-refractivity contribution >= 4 is 5.96 Å². The Morgan fingerprint density at radius 1 is 1.57 bits per heavy atom. The molecule has 4 nitrogen and oxygen atoms in total. The van der Waals surface area contributed by atoms with Crippen molar-refractivity contribution in [2.75, 3.05) is 13.6 Å². The van der Waals surface area contributed by atoms with E-state index in [2.05, 4.69) is 16.9 Å². The van der Waals surface area contributed by atoms with Gasteiger partial charge in [-0.15, -0.1) is 0 Å². The summed E-state index contributed by atoms with van der Waals surface area (Å²) in [5, 5.41) is 0. The molecule has 1 aromatic heterocycles. The maximum atomic E-state index is 5.71. The molecule has 0 amide bonds. The van der Waals surface area contributed by atoms with E-state index in [9.17, 15) is 0 Å². The number of rotatable bonds is 1. The Labute approximate surface area is 83.5 Å². The Hall–Kier alpha value is -1.58. The van der Waals surface area contributed by atoms with Gasteiger partial charge in [-0.2, -0.15) is 0 Å². The van der Waals surface area contributed by atoms with E-state index in [4.69, 9.17) is 5.73 Å². The van der Waals surface area contributed by atoms with E-state index in [0.29, 0.717) is 5.96 Å². The number of hydrogen-bond acceptors (Lipinski definition) is 4. The van der Waals surface area contributed by atoms with Gasteiger partial charge in [0.05, 0.1) is 12.6 Å². The molecule has 0 saturated heterocycles. The van der Waals surface area contributed by atoms with Crippen molar-refractivity contribution in [3.05, 3.63) is 29.6 Å². The van der Waals surface area contributed by atoms with Crippen molar-refractivity contribution in [2.45, 2.75) is 13.0 Å². The van der Waals surface area contributed by atoms with E-state index in [1.807, 2.05) is 24.2 Å². The Kier molecular flexibility index (Phi) is 2.11. The number of guanidine groups is 1. The highest BCUT2D eigenvalue weighted by Gasteiger charge is 2.25. The molecule has 0 radical (unpaired) electrons. The predicted molar refractivity (Wildman–Crippen MR) is 56.0 cm³/mol. The minimum Gasteiger partial charge on any atom is -0.370 e. The van der Waals surface area contributed by atoms with Gasteiger partial charge in [0.25, 0.3) is 0 Å². The van der Waals surface area contributed by atoms with Gasteiger partial charge in [-0.05, 0) is 24.1 Å². The number of aliphatic imine (C=N–C) groups is 1. The molecule has 14 heavy (non-hydrogen) atoms. The van der Waals surface area contributed by atoms with Gasteiger partial charge in [0.15, 0.2) is 5.96 Å². The van der Waals surface area contributed by atoms with Crippen LogP contribution in [0.25, 0.3) is 0 Å². The molecule has 2 N–H and O–H groups in total. The summed E-state index contributed by atoms with van der Waals surface area (Å²) in [5.41, 5.74) is 8.16. The van der Waals surface area contributed by atoms with Gasteiger partial charge in [-0.25, -0.2) is 0 Å². The first-order chi connectivity index (χ1) is 6.70. The Bertz CT molecular complexity index is 372. The van der Waals surface area contributed by atoms with Crippen molar-refractivity contribution in [2.24, 2.45) is 10.7 Å². The predicted octanol–water partition coefficient (Wildman–Crippen LogP) is 0.691. The van der Waals surface area contributed by atoms with Crippen LogP contribution in [0.2, 0.25) is 0 Å². The minimum absolute atomic E-state index is 0.253. The van der Waals surface area contributed by atoms with Crippen LogP contribution >= 0.6 is 0 Å². The summed E-state index contributed by atoms with van der Waals surface area (Å²) in [7, 11) is 1.96. The van der Waals surface area contributed by atoms with Crippen LogP contribution in [0.4, 0.5) is 0 Å². The molecule has 1 aromatic rings. The molecule has 74 valence electrons. The fourth-order valence-corrected chi connectivity index (χ4v) is 1.71. The summed E-state index contributed by atoms with van der Waals surface area (Å²) in [6.45, 7) is 2.81. The van der Waals surface area contributed by atoms with Crippen LogP contribution in [0.3, 0.4) is 0 Å². The smallest absolute Gasteiger partial charge is 0.191 e. The Balaban J connectivity index is 2.30. The van der Waals surface area contributed by atoms with Crippen LogP contribution in [0, 0.1) is 6.92 Å². The van der Waals surface area contributed by atoms with Gasteiger partial charge in [-0.3, -0.25) is 9.98 Å². The third-order valence-corrected chi connectivity index (χ3v) is 2.69. The lowest BCUT2D eigenvalue weighted by Gasteiger charge is -2.22. The number of nitrogens with two attached hydrogens (primary N) is 1. The Morgan fingerprint density at radius 3 is 2.93 bits per heavy atom. The summed E-state index contributed by atoms with van der Waals surface area (Å²) < 4.78 is 0. The molecule has 1 unspecified atom stereocenters. The standard InChI is InChI=1S/C10H14N4/c1-7-3-4-12-5-8(7)9-6-13-10(11)14(9)2/h3-5,9H,6H2,1-2H3,(H2,11,13). The Morgan fingerprint density at radius 2 is 2.36 bits per heavy atom. The average molecular weight is 190 g/mol. The highest BCUT2D eigenvalue weighted by atomic mass is 15.3. The number of nitrogens with zero attached hydrogens (tertiary/aromatic N) is 3. The second-order valence-electron chi connectivity index (χ2n) is 3.56. The van der Waals surface area contributed by atoms with Gasteiger partial charge >= 0.3 is 0 Å². The number of aromatic nitrogens is 1. The molecule has 0 fully saturated rings. The summed E-state index contributed by atoms with van der Waals surface area (Å²) in [6, 6.07) is 2.27. The molecule has 0 spiro atoms. The zero-order valence-corrected chi connectivity index (χ0v) is 8.44. The molecule has 0 aliphatic carbocycles.